The summed E-state index contributed by atoms with van der Waals surface area (Å²) in [6.07, 6.45) is 0. The number of nitrogens with zero attached hydrogens (tertiary/aromatic N) is 3. The lowest BCUT2D eigenvalue weighted by Gasteiger charge is -2.34. The first-order chi connectivity index (χ1) is 17.8. The van der Waals surface area contributed by atoms with Crippen LogP contribution in [0.2, 0.25) is 0 Å². The summed E-state index contributed by atoms with van der Waals surface area (Å²) >= 11 is 0. The van der Waals surface area contributed by atoms with Crippen LogP contribution in [0.5, 0.6) is 0 Å². The molecule has 1 aliphatic rings. The first-order valence-corrected chi connectivity index (χ1v) is 12.2. The summed E-state index contributed by atoms with van der Waals surface area (Å²) in [7, 11) is 3.86. The third kappa shape index (κ3) is 6.48. The maximum absolute atomic E-state index is 13.0. The number of amides is 4. The van der Waals surface area contributed by atoms with E-state index in [1.807, 2.05) is 39.8 Å². The van der Waals surface area contributed by atoms with Gasteiger partial charge in [-0.2, -0.15) is 4.99 Å². The molecule has 8 N–H and O–H groups in total. The Morgan fingerprint density at radius 3 is 2.37 bits per heavy atom. The van der Waals surface area contributed by atoms with Crippen LogP contribution in [0.3, 0.4) is 0 Å². The summed E-state index contributed by atoms with van der Waals surface area (Å²) in [5, 5.41) is 5.72. The smallest absolute Gasteiger partial charge is 0.318 e. The van der Waals surface area contributed by atoms with Gasteiger partial charge in [0.25, 0.3) is 11.8 Å². The predicted molar refractivity (Wildman–Crippen MR) is 150 cm³/mol. The number of nitrogen functional groups attached to an aromatic ring is 1. The molecular weight excluding hydrogens is 484 g/mol. The minimum absolute atomic E-state index is 0.0615. The van der Waals surface area contributed by atoms with Gasteiger partial charge < -0.3 is 37.6 Å². The van der Waals surface area contributed by atoms with E-state index in [0.29, 0.717) is 34.8 Å². The molecule has 38 heavy (non-hydrogen) atoms. The van der Waals surface area contributed by atoms with Crippen molar-refractivity contribution in [2.45, 2.75) is 32.4 Å². The Morgan fingerprint density at radius 1 is 1.08 bits per heavy atom. The summed E-state index contributed by atoms with van der Waals surface area (Å²) < 4.78 is 0. The molecule has 1 aliphatic heterocycles. The standard InChI is InChI=1S/C27H36N8O3/c1-16(14-34(4)5)31-26(38)35-15-21(22(29)27(35,2)3)23(30)33-25(37)18-7-6-8-20(13-18)32-24(36)17-9-11-19(28)12-10-17/h6-13,16H,14-15,28-29H2,1-5H3,(H,31,38)(H,32,36)(H2,30,33,37). The molecule has 2 aromatic rings. The Balaban J connectivity index is 1.74. The van der Waals surface area contributed by atoms with Crippen molar-refractivity contribution in [2.24, 2.45) is 16.5 Å². The highest BCUT2D eigenvalue weighted by molar-refractivity contribution is 6.10. The van der Waals surface area contributed by atoms with E-state index < -0.39 is 11.4 Å². The number of rotatable bonds is 7. The van der Waals surface area contributed by atoms with Gasteiger partial charge in [-0.05, 0) is 77.3 Å². The zero-order chi connectivity index (χ0) is 28.2. The second kappa shape index (κ2) is 11.3. The molecule has 4 amide bonds. The minimum Gasteiger partial charge on any atom is -0.400 e. The highest BCUT2D eigenvalue weighted by atomic mass is 16.2. The van der Waals surface area contributed by atoms with Gasteiger partial charge >= 0.3 is 6.03 Å². The zero-order valence-corrected chi connectivity index (χ0v) is 22.4. The summed E-state index contributed by atoms with van der Waals surface area (Å²) in [6.45, 7) is 6.33. The molecule has 0 saturated carbocycles. The Labute approximate surface area is 222 Å². The molecule has 202 valence electrons. The molecule has 1 atom stereocenters. The number of likely N-dealkylation sites (N-methyl/N-ethyl adjacent to an activating group) is 1. The van der Waals surface area contributed by atoms with Crippen molar-refractivity contribution < 1.29 is 14.4 Å². The number of amidine groups is 1. The van der Waals surface area contributed by atoms with E-state index in [1.165, 1.54) is 6.07 Å². The fourth-order valence-electron chi connectivity index (χ4n) is 4.19. The lowest BCUT2D eigenvalue weighted by Crippen LogP contribution is -2.53. The molecule has 1 heterocycles. The van der Waals surface area contributed by atoms with Crippen LogP contribution in [0, 0.1) is 0 Å². The number of hydrogen-bond acceptors (Lipinski definition) is 6. The molecular formula is C27H36N8O3. The van der Waals surface area contributed by atoms with Gasteiger partial charge in [0, 0.05) is 46.4 Å². The molecule has 11 nitrogen and oxygen atoms in total. The first kappa shape index (κ1) is 28.2. The van der Waals surface area contributed by atoms with Crippen LogP contribution in [0.25, 0.3) is 0 Å². The summed E-state index contributed by atoms with van der Waals surface area (Å²) in [5.41, 5.74) is 19.8. The van der Waals surface area contributed by atoms with E-state index >= 15 is 0 Å². The molecule has 1 unspecified atom stereocenters. The van der Waals surface area contributed by atoms with Gasteiger partial charge in [-0.1, -0.05) is 6.07 Å². The number of aliphatic imine (C=N–C) groups is 1. The van der Waals surface area contributed by atoms with E-state index in [2.05, 4.69) is 15.6 Å². The lowest BCUT2D eigenvalue weighted by atomic mass is 10.0. The van der Waals surface area contributed by atoms with Gasteiger partial charge in [0.05, 0.1) is 12.1 Å². The molecule has 0 saturated heterocycles. The molecule has 2 aromatic carbocycles. The first-order valence-electron chi connectivity index (χ1n) is 12.2. The number of hydrogen-bond donors (Lipinski definition) is 5. The maximum Gasteiger partial charge on any atom is 0.318 e. The SMILES string of the molecule is CC(CN(C)C)NC(=O)N1CC(C(N)=NC(=O)c2cccc(NC(=O)c3ccc(N)cc3)c2)=C(N)C1(C)C. The zero-order valence-electron chi connectivity index (χ0n) is 22.4. The van der Waals surface area contributed by atoms with E-state index in [1.54, 1.807) is 47.4 Å². The topological polar surface area (TPSA) is 172 Å². The van der Waals surface area contributed by atoms with Crippen LogP contribution in [0.15, 0.2) is 64.8 Å². The molecule has 0 spiro atoms. The summed E-state index contributed by atoms with van der Waals surface area (Å²) in [6, 6.07) is 12.5. The van der Waals surface area contributed by atoms with Gasteiger partial charge in [0.2, 0.25) is 0 Å². The third-order valence-electron chi connectivity index (χ3n) is 6.30. The Kier molecular flexibility index (Phi) is 8.42. The van der Waals surface area contributed by atoms with Gasteiger partial charge in [-0.25, -0.2) is 4.79 Å². The Hall–Kier alpha value is -4.38. The third-order valence-corrected chi connectivity index (χ3v) is 6.30. The van der Waals surface area contributed by atoms with E-state index in [-0.39, 0.29) is 35.9 Å². The lowest BCUT2D eigenvalue weighted by molar-refractivity contribution is 0.0998. The van der Waals surface area contributed by atoms with Crippen LogP contribution < -0.4 is 27.8 Å². The van der Waals surface area contributed by atoms with E-state index in [0.717, 1.165) is 0 Å². The monoisotopic (exact) mass is 520 g/mol. The highest BCUT2D eigenvalue weighted by Gasteiger charge is 2.42. The van der Waals surface area contributed by atoms with Gasteiger partial charge in [0.15, 0.2) is 0 Å². The number of benzene rings is 2. The van der Waals surface area contributed by atoms with Crippen molar-refractivity contribution in [3.05, 3.63) is 70.9 Å². The van der Waals surface area contributed by atoms with Crippen LogP contribution in [0.4, 0.5) is 16.2 Å². The molecule has 0 bridgehead atoms. The fourth-order valence-corrected chi connectivity index (χ4v) is 4.19. The number of carbonyl (C=O) groups excluding carboxylic acids is 3. The number of nitrogens with two attached hydrogens (primary N) is 3. The average Bonchev–Trinajstić information content (AvgIpc) is 3.08. The van der Waals surface area contributed by atoms with Crippen molar-refractivity contribution in [3.63, 3.8) is 0 Å². The number of carbonyl (C=O) groups is 3. The normalized spacial score (nSPS) is 15.9. The van der Waals surface area contributed by atoms with E-state index in [9.17, 15) is 14.4 Å². The minimum atomic E-state index is -0.827. The van der Waals surface area contributed by atoms with E-state index in [4.69, 9.17) is 17.2 Å². The van der Waals surface area contributed by atoms with Gasteiger partial charge in [0.1, 0.15) is 5.84 Å². The number of anilines is 2. The average molecular weight is 521 g/mol. The van der Waals surface area contributed by atoms with Crippen molar-refractivity contribution in [2.75, 3.05) is 38.2 Å². The molecule has 0 fully saturated rings. The van der Waals surface area contributed by atoms with Crippen molar-refractivity contribution >= 4 is 35.1 Å². The van der Waals surface area contributed by atoms with Crippen LogP contribution in [-0.4, -0.2) is 72.2 Å². The Bertz CT molecular complexity index is 1280. The molecule has 11 heteroatoms. The fraction of sp³-hybridized carbons (Fsp3) is 0.333. The largest absolute Gasteiger partial charge is 0.400 e. The second-order valence-corrected chi connectivity index (χ2v) is 10.1. The number of urea groups is 1. The van der Waals surface area contributed by atoms with Gasteiger partial charge in [-0.15, -0.1) is 0 Å². The predicted octanol–water partition coefficient (Wildman–Crippen LogP) is 1.99. The van der Waals surface area contributed by atoms with Crippen LogP contribution in [0.1, 0.15) is 41.5 Å². The molecule has 0 radical (unpaired) electrons. The molecule has 0 aliphatic carbocycles. The second-order valence-electron chi connectivity index (χ2n) is 10.1. The summed E-state index contributed by atoms with van der Waals surface area (Å²) in [5.74, 6) is -1.01. The molecule has 0 aromatic heterocycles. The molecule has 3 rings (SSSR count). The van der Waals surface area contributed by atoms with Crippen LogP contribution in [-0.2, 0) is 0 Å². The van der Waals surface area contributed by atoms with Crippen molar-refractivity contribution in [1.82, 2.24) is 15.1 Å². The summed E-state index contributed by atoms with van der Waals surface area (Å²) in [4.78, 5) is 46.0. The van der Waals surface area contributed by atoms with Crippen LogP contribution >= 0.6 is 0 Å². The maximum atomic E-state index is 13.0. The van der Waals surface area contributed by atoms with Crippen molar-refractivity contribution in [3.8, 4) is 0 Å². The number of nitrogens with one attached hydrogen (secondary N) is 2. The van der Waals surface area contributed by atoms with Gasteiger partial charge in [-0.3, -0.25) is 9.59 Å². The highest BCUT2D eigenvalue weighted by Crippen LogP contribution is 2.31. The Morgan fingerprint density at radius 2 is 1.74 bits per heavy atom. The quantitative estimate of drug-likeness (QED) is 0.211. The van der Waals surface area contributed by atoms with Crippen molar-refractivity contribution in [1.29, 1.82) is 0 Å².